The SMILES string of the molecule is Cc1ccc(NC(=O)[C@@H](Sc2nc(C)cs2)c2ccccc2)c([N+](=O)[O-])c1. The monoisotopic (exact) mass is 399 g/mol. The van der Waals surface area contributed by atoms with Gasteiger partial charge in [-0.15, -0.1) is 11.3 Å². The molecule has 1 atom stereocenters. The molecule has 1 N–H and O–H groups in total. The van der Waals surface area contributed by atoms with Crippen molar-refractivity contribution in [1.82, 2.24) is 4.98 Å². The number of aromatic nitrogens is 1. The molecule has 27 heavy (non-hydrogen) atoms. The molecule has 138 valence electrons. The Labute approximate surface area is 164 Å². The van der Waals surface area contributed by atoms with Gasteiger partial charge in [-0.1, -0.05) is 48.2 Å². The summed E-state index contributed by atoms with van der Waals surface area (Å²) in [7, 11) is 0. The lowest BCUT2D eigenvalue weighted by Gasteiger charge is -2.16. The third kappa shape index (κ3) is 4.72. The molecule has 3 aromatic rings. The molecule has 0 saturated heterocycles. The molecule has 1 heterocycles. The average Bonchev–Trinajstić information content (AvgIpc) is 3.06. The highest BCUT2D eigenvalue weighted by atomic mass is 32.2. The quantitative estimate of drug-likeness (QED) is 0.352. The second kappa shape index (κ2) is 8.32. The molecule has 0 radical (unpaired) electrons. The fraction of sp³-hybridized carbons (Fsp3) is 0.158. The van der Waals surface area contributed by atoms with E-state index >= 15 is 0 Å². The van der Waals surface area contributed by atoms with Gasteiger partial charge in [0, 0.05) is 17.1 Å². The zero-order chi connectivity index (χ0) is 19.4. The van der Waals surface area contributed by atoms with Crippen molar-refractivity contribution < 1.29 is 9.72 Å². The predicted octanol–water partition coefficient (Wildman–Crippen LogP) is 5.14. The Bertz CT molecular complexity index is 973. The van der Waals surface area contributed by atoms with Crippen LogP contribution in [0.4, 0.5) is 11.4 Å². The van der Waals surface area contributed by atoms with Crippen LogP contribution >= 0.6 is 23.1 Å². The summed E-state index contributed by atoms with van der Waals surface area (Å²) in [6.07, 6.45) is 0. The van der Waals surface area contributed by atoms with Crippen LogP contribution in [0.15, 0.2) is 58.3 Å². The third-order valence-corrected chi connectivity index (χ3v) is 6.11. The van der Waals surface area contributed by atoms with E-state index in [4.69, 9.17) is 0 Å². The van der Waals surface area contributed by atoms with Crippen molar-refractivity contribution in [2.45, 2.75) is 23.4 Å². The molecule has 0 spiro atoms. The van der Waals surface area contributed by atoms with Gasteiger partial charge in [0.2, 0.25) is 5.91 Å². The first-order valence-electron chi connectivity index (χ1n) is 8.13. The summed E-state index contributed by atoms with van der Waals surface area (Å²) < 4.78 is 0.773. The van der Waals surface area contributed by atoms with Crippen LogP contribution in [0.25, 0.3) is 0 Å². The number of nitro benzene ring substituents is 1. The van der Waals surface area contributed by atoms with E-state index < -0.39 is 10.2 Å². The topological polar surface area (TPSA) is 85.1 Å². The number of carbonyl (C=O) groups excluding carboxylic acids is 1. The molecule has 0 saturated carbocycles. The van der Waals surface area contributed by atoms with Crippen LogP contribution in [0.1, 0.15) is 22.1 Å². The van der Waals surface area contributed by atoms with Gasteiger partial charge in [0.25, 0.3) is 5.69 Å². The number of nitrogens with one attached hydrogen (secondary N) is 1. The highest BCUT2D eigenvalue weighted by molar-refractivity contribution is 8.01. The van der Waals surface area contributed by atoms with Gasteiger partial charge in [-0.2, -0.15) is 0 Å². The lowest BCUT2D eigenvalue weighted by atomic mass is 10.1. The van der Waals surface area contributed by atoms with E-state index in [9.17, 15) is 14.9 Å². The van der Waals surface area contributed by atoms with Crippen molar-refractivity contribution in [3.63, 3.8) is 0 Å². The van der Waals surface area contributed by atoms with Gasteiger partial charge in [-0.25, -0.2) is 4.98 Å². The van der Waals surface area contributed by atoms with Crippen LogP contribution in [0, 0.1) is 24.0 Å². The van der Waals surface area contributed by atoms with Crippen LogP contribution in [0.3, 0.4) is 0 Å². The van der Waals surface area contributed by atoms with Crippen LogP contribution in [-0.4, -0.2) is 15.8 Å². The Morgan fingerprint density at radius 2 is 1.96 bits per heavy atom. The van der Waals surface area contributed by atoms with Crippen LogP contribution in [0.5, 0.6) is 0 Å². The number of thioether (sulfide) groups is 1. The van der Waals surface area contributed by atoms with E-state index in [0.717, 1.165) is 21.2 Å². The summed E-state index contributed by atoms with van der Waals surface area (Å²) in [5.74, 6) is -0.328. The standard InChI is InChI=1S/C19H17N3O3S2/c1-12-8-9-15(16(10-12)22(24)25)21-18(23)17(14-6-4-3-5-7-14)27-19-20-13(2)11-26-19/h3-11,17H,1-2H3,(H,21,23)/t17-/m0/s1. The summed E-state index contributed by atoms with van der Waals surface area (Å²) >= 11 is 2.80. The summed E-state index contributed by atoms with van der Waals surface area (Å²) in [5, 5.41) is 15.4. The van der Waals surface area contributed by atoms with Crippen molar-refractivity contribution in [3.8, 4) is 0 Å². The summed E-state index contributed by atoms with van der Waals surface area (Å²) in [6.45, 7) is 3.67. The second-order valence-corrected chi connectivity index (χ2v) is 8.14. The largest absolute Gasteiger partial charge is 0.319 e. The van der Waals surface area contributed by atoms with Crippen LogP contribution < -0.4 is 5.32 Å². The average molecular weight is 399 g/mol. The number of aryl methyl sites for hydroxylation is 2. The molecule has 6 nitrogen and oxygen atoms in total. The maximum atomic E-state index is 13.0. The van der Waals surface area contributed by atoms with Gasteiger partial charge >= 0.3 is 0 Å². The molecule has 1 aromatic heterocycles. The molecule has 0 aliphatic carbocycles. The molecule has 3 rings (SSSR count). The van der Waals surface area contributed by atoms with Crippen molar-refractivity contribution in [1.29, 1.82) is 0 Å². The number of anilines is 1. The minimum atomic E-state index is -0.572. The minimum Gasteiger partial charge on any atom is -0.319 e. The molecular formula is C19H17N3O3S2. The number of nitrogens with zero attached hydrogens (tertiary/aromatic N) is 2. The number of benzene rings is 2. The molecule has 0 aliphatic heterocycles. The first-order valence-corrected chi connectivity index (χ1v) is 9.89. The molecule has 1 amide bonds. The lowest BCUT2D eigenvalue weighted by molar-refractivity contribution is -0.384. The molecule has 0 fully saturated rings. The highest BCUT2D eigenvalue weighted by Crippen LogP contribution is 2.38. The minimum absolute atomic E-state index is 0.120. The van der Waals surface area contributed by atoms with Crippen LogP contribution in [-0.2, 0) is 4.79 Å². The van der Waals surface area contributed by atoms with E-state index in [1.807, 2.05) is 42.6 Å². The summed E-state index contributed by atoms with van der Waals surface area (Å²) in [6, 6.07) is 14.1. The maximum absolute atomic E-state index is 13.0. The van der Waals surface area contributed by atoms with Crippen molar-refractivity contribution in [2.24, 2.45) is 0 Å². The Hall–Kier alpha value is -2.71. The van der Waals surface area contributed by atoms with E-state index in [2.05, 4.69) is 10.3 Å². The van der Waals surface area contributed by atoms with Gasteiger partial charge in [-0.05, 0) is 31.0 Å². The van der Waals surface area contributed by atoms with E-state index in [1.165, 1.54) is 29.2 Å². The highest BCUT2D eigenvalue weighted by Gasteiger charge is 2.26. The number of amides is 1. The Kier molecular flexibility index (Phi) is 5.88. The normalized spacial score (nSPS) is 11.8. The van der Waals surface area contributed by atoms with Gasteiger partial charge in [0.05, 0.1) is 4.92 Å². The van der Waals surface area contributed by atoms with Gasteiger partial charge in [0.1, 0.15) is 10.9 Å². The van der Waals surface area contributed by atoms with Crippen molar-refractivity contribution in [3.05, 3.63) is 80.8 Å². The Morgan fingerprint density at radius 1 is 1.22 bits per heavy atom. The summed E-state index contributed by atoms with van der Waals surface area (Å²) in [4.78, 5) is 28.3. The number of rotatable bonds is 6. The molecule has 0 bridgehead atoms. The van der Waals surface area contributed by atoms with Gasteiger partial charge < -0.3 is 5.32 Å². The van der Waals surface area contributed by atoms with Crippen molar-refractivity contribution in [2.75, 3.05) is 5.32 Å². The third-order valence-electron chi connectivity index (χ3n) is 3.76. The summed E-state index contributed by atoms with van der Waals surface area (Å²) in [5.41, 5.74) is 2.52. The number of carbonyl (C=O) groups is 1. The number of hydrogen-bond donors (Lipinski definition) is 1. The molecular weight excluding hydrogens is 382 g/mol. The zero-order valence-corrected chi connectivity index (χ0v) is 16.3. The molecule has 0 unspecified atom stereocenters. The van der Waals surface area contributed by atoms with Crippen molar-refractivity contribution >= 4 is 40.4 Å². The van der Waals surface area contributed by atoms with Crippen LogP contribution in [0.2, 0.25) is 0 Å². The van der Waals surface area contributed by atoms with E-state index in [-0.39, 0.29) is 17.3 Å². The van der Waals surface area contributed by atoms with Gasteiger partial charge in [0.15, 0.2) is 4.34 Å². The fourth-order valence-electron chi connectivity index (χ4n) is 2.48. The zero-order valence-electron chi connectivity index (χ0n) is 14.7. The molecule has 0 aliphatic rings. The Balaban J connectivity index is 1.91. The number of thiazole rings is 1. The molecule has 2 aromatic carbocycles. The van der Waals surface area contributed by atoms with E-state index in [1.54, 1.807) is 19.1 Å². The fourth-order valence-corrected chi connectivity index (χ4v) is 4.52. The maximum Gasteiger partial charge on any atom is 0.293 e. The lowest BCUT2D eigenvalue weighted by Crippen LogP contribution is -2.19. The van der Waals surface area contributed by atoms with Gasteiger partial charge in [-0.3, -0.25) is 14.9 Å². The van der Waals surface area contributed by atoms with E-state index in [0.29, 0.717) is 0 Å². The predicted molar refractivity (Wildman–Crippen MR) is 108 cm³/mol. The second-order valence-electron chi connectivity index (χ2n) is 5.93. The molecule has 8 heteroatoms. The number of nitro groups is 1. The first-order chi connectivity index (χ1) is 12.9. The Morgan fingerprint density at radius 3 is 2.59 bits per heavy atom. The smallest absolute Gasteiger partial charge is 0.293 e. The number of hydrogen-bond acceptors (Lipinski definition) is 6. The first kappa shape index (κ1) is 19.1.